The molecule has 27 heteroatoms. The van der Waals surface area contributed by atoms with Crippen LogP contribution in [0.2, 0.25) is 0 Å². The fourth-order valence-corrected chi connectivity index (χ4v) is 14.6. The summed E-state index contributed by atoms with van der Waals surface area (Å²) in [5.41, 5.74) is 7.72. The molecule has 0 aliphatic rings. The molecule has 3 aromatic rings. The maximum absolute atomic E-state index is 11.0. The summed E-state index contributed by atoms with van der Waals surface area (Å²) >= 11 is 0. The Bertz CT molecular complexity index is 2200. The van der Waals surface area contributed by atoms with Crippen LogP contribution in [0.1, 0.15) is 149 Å². The molecule has 0 aromatic heterocycles. The minimum Gasteiger partial charge on any atom is -0.747 e. The zero-order chi connectivity index (χ0) is 52.5. The van der Waals surface area contributed by atoms with Crippen molar-refractivity contribution < 1.29 is 236 Å². The van der Waals surface area contributed by atoms with E-state index in [2.05, 4.69) is 57.2 Å². The quantitative estimate of drug-likeness (QED) is 0.0218. The average molecular weight is 1210 g/mol. The van der Waals surface area contributed by atoms with E-state index >= 15 is 0 Å². The molecule has 6 N–H and O–H groups in total. The number of rotatable bonds is 30. The largest absolute Gasteiger partial charge is 1.00 e. The SMILES string of the molecule is Cc1ccccc1CCCCCCCC(P(=O)(O)O)S(=O)(=O)[O-].Cc1ccccc1CCCCCCCC(P(=O)(O)O)S(=O)(=O)[O-].Cc1ccccc1CCCCCCCC(P(=O)(O)O)S(=O)(=O)[O-].[K+].[K+].[K+]. The topological polar surface area (TPSA) is 344 Å². The van der Waals surface area contributed by atoms with Crippen molar-refractivity contribution in [1.82, 2.24) is 0 Å². The van der Waals surface area contributed by atoms with Crippen LogP contribution in [0.3, 0.4) is 0 Å². The van der Waals surface area contributed by atoms with Crippen molar-refractivity contribution in [2.45, 2.75) is 171 Å². The van der Waals surface area contributed by atoms with Crippen LogP contribution in [-0.2, 0) is 63.3 Å². The van der Waals surface area contributed by atoms with Gasteiger partial charge in [0.05, 0.1) is 0 Å². The van der Waals surface area contributed by atoms with Crippen LogP contribution >= 0.6 is 22.8 Å². The van der Waals surface area contributed by atoms with Crippen molar-refractivity contribution in [2.24, 2.45) is 0 Å². The van der Waals surface area contributed by atoms with Crippen molar-refractivity contribution in [3.05, 3.63) is 106 Å². The normalized spacial score (nSPS) is 13.3. The second-order valence-electron chi connectivity index (χ2n) is 17.3. The molecule has 72 heavy (non-hydrogen) atoms. The van der Waals surface area contributed by atoms with Crippen LogP contribution in [0.4, 0.5) is 0 Å². The molecule has 0 amide bonds. The van der Waals surface area contributed by atoms with Gasteiger partial charge in [-0.3, -0.25) is 13.7 Å². The van der Waals surface area contributed by atoms with Gasteiger partial charge in [-0.25, -0.2) is 25.3 Å². The smallest absolute Gasteiger partial charge is 0.747 e. The van der Waals surface area contributed by atoms with Gasteiger partial charge in [-0.15, -0.1) is 0 Å². The zero-order valence-corrected chi connectivity index (χ0v) is 57.2. The first kappa shape index (κ1) is 79.0. The Labute approximate surface area is 556 Å². The van der Waals surface area contributed by atoms with E-state index in [1.807, 2.05) is 36.4 Å². The molecule has 0 aliphatic heterocycles. The molecule has 3 aromatic carbocycles. The average Bonchev–Trinajstić information content (AvgIpc) is 3.20. The molecule has 0 aliphatic carbocycles. The van der Waals surface area contributed by atoms with Gasteiger partial charge in [-0.1, -0.05) is 150 Å². The van der Waals surface area contributed by atoms with Crippen LogP contribution < -0.4 is 154 Å². The maximum atomic E-state index is 11.0. The molecule has 3 rings (SSSR count). The molecule has 0 saturated heterocycles. The van der Waals surface area contributed by atoms with E-state index in [4.69, 9.17) is 29.4 Å². The Hall–Kier alpha value is 2.75. The molecule has 0 saturated carbocycles. The Balaban J connectivity index is -0.000000972. The van der Waals surface area contributed by atoms with Crippen molar-refractivity contribution >= 4 is 53.1 Å². The molecule has 0 bridgehead atoms. The summed E-state index contributed by atoms with van der Waals surface area (Å²) in [5.74, 6) is 0. The molecule has 18 nitrogen and oxygen atoms in total. The Morgan fingerprint density at radius 3 is 0.722 bits per heavy atom. The Kier molecular flexibility index (Phi) is 43.9. The van der Waals surface area contributed by atoms with Crippen molar-refractivity contribution in [3.63, 3.8) is 0 Å². The summed E-state index contributed by atoms with van der Waals surface area (Å²) in [7, 11) is -29.6. The molecule has 0 spiro atoms. The van der Waals surface area contributed by atoms with Crippen molar-refractivity contribution in [1.29, 1.82) is 0 Å². The van der Waals surface area contributed by atoms with Crippen LogP contribution in [-0.4, -0.2) is 83.2 Å². The summed E-state index contributed by atoms with van der Waals surface area (Å²) in [6.45, 7) is 6.21. The third kappa shape index (κ3) is 36.2. The first-order chi connectivity index (χ1) is 31.9. The summed E-state index contributed by atoms with van der Waals surface area (Å²) < 4.78 is 131. The fraction of sp³-hybridized carbons (Fsp3) is 0.600. The molecule has 3 unspecified atom stereocenters. The van der Waals surface area contributed by atoms with Gasteiger partial charge >= 0.3 is 177 Å². The standard InChI is InChI=1S/3C15H25O6PS.3K/c3*1-13-9-7-8-11-14(13)10-5-3-2-4-6-12-15(22(16,17)18)23(19,20)21;;;/h3*7-9,11,15H,2-6,10,12H2,1H3,(H2,16,17,18)(H,19,20,21);;;/q;;;3*+1/p-3. The molecule has 0 radical (unpaired) electrons. The number of unbranched alkanes of at least 4 members (excludes halogenated alkanes) is 12. The van der Waals surface area contributed by atoms with E-state index in [-0.39, 0.29) is 173 Å². The second kappa shape index (κ2) is 40.0. The molecule has 0 fully saturated rings. The van der Waals surface area contributed by atoms with E-state index in [9.17, 15) is 52.6 Å². The van der Waals surface area contributed by atoms with Gasteiger partial charge in [-0.2, -0.15) is 0 Å². The number of aryl methyl sites for hydroxylation is 6. The number of hydrogen-bond acceptors (Lipinski definition) is 12. The van der Waals surface area contributed by atoms with Gasteiger partial charge in [0.1, 0.15) is 30.4 Å². The van der Waals surface area contributed by atoms with E-state index < -0.39 is 68.1 Å². The fourth-order valence-electron chi connectivity index (χ4n) is 7.61. The Morgan fingerprint density at radius 2 is 0.542 bits per heavy atom. The van der Waals surface area contributed by atoms with Gasteiger partial charge in [0.25, 0.3) is 0 Å². The molecular formula is C45H72K3O18P3S3. The van der Waals surface area contributed by atoms with Crippen LogP contribution in [0, 0.1) is 20.8 Å². The van der Waals surface area contributed by atoms with Gasteiger partial charge < -0.3 is 43.0 Å². The summed E-state index contributed by atoms with van der Waals surface area (Å²) in [6, 6.07) is 24.5. The predicted octanol–water partition coefficient (Wildman–Crippen LogP) is -0.207. The molecular weight excluding hydrogens is 1130 g/mol. The van der Waals surface area contributed by atoms with Gasteiger partial charge in [0, 0.05) is 0 Å². The van der Waals surface area contributed by atoms with Gasteiger partial charge in [0.2, 0.25) is 0 Å². The van der Waals surface area contributed by atoms with Crippen LogP contribution in [0.15, 0.2) is 72.8 Å². The van der Waals surface area contributed by atoms with E-state index in [0.717, 1.165) is 77.0 Å². The van der Waals surface area contributed by atoms with Crippen molar-refractivity contribution in [2.75, 3.05) is 0 Å². The minimum atomic E-state index is -4.97. The van der Waals surface area contributed by atoms with Crippen molar-refractivity contribution in [3.8, 4) is 0 Å². The van der Waals surface area contributed by atoms with Gasteiger partial charge in [0.15, 0.2) is 15.0 Å². The number of hydrogen-bond donors (Lipinski definition) is 6. The third-order valence-electron chi connectivity index (χ3n) is 11.6. The van der Waals surface area contributed by atoms with E-state index in [1.165, 1.54) is 33.4 Å². The third-order valence-corrected chi connectivity index (χ3v) is 22.1. The summed E-state index contributed by atoms with van der Waals surface area (Å²) in [6.07, 6.45) is 13.4. The van der Waals surface area contributed by atoms with Gasteiger partial charge in [-0.05, 0) is 112 Å². The van der Waals surface area contributed by atoms with E-state index in [1.54, 1.807) is 0 Å². The first-order valence-electron chi connectivity index (χ1n) is 23.0. The second-order valence-corrected chi connectivity index (χ2v) is 28.4. The minimum absolute atomic E-state index is 0. The molecule has 3 atom stereocenters. The summed E-state index contributed by atoms with van der Waals surface area (Å²) in [5, 5.41) is 0. The summed E-state index contributed by atoms with van der Waals surface area (Å²) in [4.78, 5) is 47.3. The monoisotopic (exact) mass is 1210 g/mol. The Morgan fingerprint density at radius 1 is 0.361 bits per heavy atom. The first-order valence-corrected chi connectivity index (χ1v) is 32.5. The zero-order valence-electron chi connectivity index (χ0n) is 42.7. The van der Waals surface area contributed by atoms with Crippen LogP contribution in [0.5, 0.6) is 0 Å². The number of benzene rings is 3. The van der Waals surface area contributed by atoms with Crippen LogP contribution in [0.25, 0.3) is 0 Å². The molecule has 0 heterocycles. The molecule has 396 valence electrons. The maximum Gasteiger partial charge on any atom is 1.00 e. The predicted molar refractivity (Wildman–Crippen MR) is 264 cm³/mol. The van der Waals surface area contributed by atoms with E-state index in [0.29, 0.717) is 38.5 Å².